The SMILES string of the molecule is CC/C=C\C/C=C\C/C=C\CCCCCCCCOCC(COC(=O)CCCCCCC/C=C\CCCC)OC(=O)CCCCCCCCCCC. The van der Waals surface area contributed by atoms with Gasteiger partial charge in [0.1, 0.15) is 6.61 Å². The molecule has 52 heavy (non-hydrogen) atoms. The van der Waals surface area contributed by atoms with Crippen molar-refractivity contribution < 1.29 is 23.8 Å². The van der Waals surface area contributed by atoms with Gasteiger partial charge in [-0.15, -0.1) is 0 Å². The molecule has 0 N–H and O–H groups in total. The molecule has 0 aromatic heterocycles. The van der Waals surface area contributed by atoms with Crippen molar-refractivity contribution >= 4 is 11.9 Å². The third-order valence-corrected chi connectivity index (χ3v) is 9.35. The summed E-state index contributed by atoms with van der Waals surface area (Å²) >= 11 is 0. The maximum Gasteiger partial charge on any atom is 0.306 e. The fourth-order valence-electron chi connectivity index (χ4n) is 6.03. The van der Waals surface area contributed by atoms with E-state index in [2.05, 4.69) is 69.4 Å². The third kappa shape index (κ3) is 40.6. The molecule has 0 fully saturated rings. The van der Waals surface area contributed by atoms with Gasteiger partial charge in [-0.05, 0) is 70.6 Å². The Hall–Kier alpha value is -2.14. The minimum Gasteiger partial charge on any atom is -0.462 e. The molecule has 0 aliphatic carbocycles. The Morgan fingerprint density at radius 2 is 0.885 bits per heavy atom. The van der Waals surface area contributed by atoms with Gasteiger partial charge in [-0.3, -0.25) is 9.59 Å². The molecule has 0 aromatic rings. The highest BCUT2D eigenvalue weighted by molar-refractivity contribution is 5.70. The van der Waals surface area contributed by atoms with Crippen LogP contribution in [0.2, 0.25) is 0 Å². The van der Waals surface area contributed by atoms with E-state index in [4.69, 9.17) is 14.2 Å². The summed E-state index contributed by atoms with van der Waals surface area (Å²) in [5, 5.41) is 0. The highest BCUT2D eigenvalue weighted by Crippen LogP contribution is 2.13. The number of esters is 2. The Bertz CT molecular complexity index is 873. The monoisotopic (exact) mass is 729 g/mol. The molecule has 0 aliphatic rings. The van der Waals surface area contributed by atoms with Crippen LogP contribution in [0.25, 0.3) is 0 Å². The molecule has 5 heteroatoms. The Morgan fingerprint density at radius 3 is 1.46 bits per heavy atom. The van der Waals surface area contributed by atoms with Gasteiger partial charge in [-0.1, -0.05) is 179 Å². The average molecular weight is 729 g/mol. The van der Waals surface area contributed by atoms with Gasteiger partial charge in [-0.25, -0.2) is 0 Å². The highest BCUT2D eigenvalue weighted by Gasteiger charge is 2.17. The molecule has 0 amide bonds. The lowest BCUT2D eigenvalue weighted by atomic mass is 10.1. The van der Waals surface area contributed by atoms with E-state index in [0.29, 0.717) is 19.4 Å². The number of allylic oxidation sites excluding steroid dienone is 8. The molecular weight excluding hydrogens is 645 g/mol. The molecule has 0 saturated heterocycles. The van der Waals surface area contributed by atoms with Crippen LogP contribution in [0.5, 0.6) is 0 Å². The first-order valence-electron chi connectivity index (χ1n) is 22.2. The largest absolute Gasteiger partial charge is 0.462 e. The zero-order chi connectivity index (χ0) is 37.8. The van der Waals surface area contributed by atoms with Crippen LogP contribution in [-0.4, -0.2) is 37.9 Å². The quantitative estimate of drug-likeness (QED) is 0.0357. The molecule has 5 nitrogen and oxygen atoms in total. The van der Waals surface area contributed by atoms with Crippen molar-refractivity contribution in [2.45, 2.75) is 219 Å². The van der Waals surface area contributed by atoms with E-state index in [-0.39, 0.29) is 25.2 Å². The van der Waals surface area contributed by atoms with Crippen LogP contribution in [0.15, 0.2) is 48.6 Å². The van der Waals surface area contributed by atoms with Gasteiger partial charge in [-0.2, -0.15) is 0 Å². The fourth-order valence-corrected chi connectivity index (χ4v) is 6.03. The van der Waals surface area contributed by atoms with Crippen LogP contribution in [0.4, 0.5) is 0 Å². The standard InChI is InChI=1S/C47H84O5/c1-4-7-10-13-16-19-21-22-23-24-25-27-30-33-36-39-42-50-43-45(52-47(49)41-38-35-32-28-18-15-12-9-6-3)44-51-46(48)40-37-34-31-29-26-20-17-14-11-8-5-2/h7,10,14,16-17,19,22-23,45H,4-6,8-9,11-13,15,18,20-21,24-44H2,1-3H3/b10-7-,17-14-,19-16-,23-22-. The summed E-state index contributed by atoms with van der Waals surface area (Å²) in [5.41, 5.74) is 0. The van der Waals surface area contributed by atoms with Crippen LogP contribution >= 0.6 is 0 Å². The molecular formula is C47H84O5. The minimum atomic E-state index is -0.540. The van der Waals surface area contributed by atoms with Crippen LogP contribution < -0.4 is 0 Å². The van der Waals surface area contributed by atoms with Crippen molar-refractivity contribution in [3.05, 3.63) is 48.6 Å². The number of hydrogen-bond donors (Lipinski definition) is 0. The van der Waals surface area contributed by atoms with E-state index >= 15 is 0 Å². The van der Waals surface area contributed by atoms with Crippen molar-refractivity contribution in [2.24, 2.45) is 0 Å². The summed E-state index contributed by atoms with van der Waals surface area (Å²) < 4.78 is 17.3. The van der Waals surface area contributed by atoms with Crippen LogP contribution in [0, 0.1) is 0 Å². The van der Waals surface area contributed by atoms with E-state index in [1.54, 1.807) is 0 Å². The Labute approximate surface area is 322 Å². The molecule has 0 saturated carbocycles. The molecule has 0 spiro atoms. The number of rotatable bonds is 40. The topological polar surface area (TPSA) is 61.8 Å². The van der Waals surface area contributed by atoms with E-state index in [0.717, 1.165) is 77.0 Å². The van der Waals surface area contributed by atoms with Gasteiger partial charge in [0, 0.05) is 19.4 Å². The zero-order valence-corrected chi connectivity index (χ0v) is 34.6. The van der Waals surface area contributed by atoms with Crippen LogP contribution in [-0.2, 0) is 23.8 Å². The lowest BCUT2D eigenvalue weighted by Gasteiger charge is -2.18. The van der Waals surface area contributed by atoms with Gasteiger partial charge in [0.25, 0.3) is 0 Å². The lowest BCUT2D eigenvalue weighted by molar-refractivity contribution is -0.163. The van der Waals surface area contributed by atoms with E-state index in [1.165, 1.54) is 103 Å². The second kappa shape index (κ2) is 43.3. The van der Waals surface area contributed by atoms with E-state index in [9.17, 15) is 9.59 Å². The first kappa shape index (κ1) is 49.9. The number of hydrogen-bond acceptors (Lipinski definition) is 5. The fraction of sp³-hybridized carbons (Fsp3) is 0.787. The second-order valence-electron chi connectivity index (χ2n) is 14.6. The number of ether oxygens (including phenoxy) is 3. The number of carbonyl (C=O) groups excluding carboxylic acids is 2. The van der Waals surface area contributed by atoms with Crippen molar-refractivity contribution in [3.8, 4) is 0 Å². The van der Waals surface area contributed by atoms with Gasteiger partial charge >= 0.3 is 11.9 Å². The average Bonchev–Trinajstić information content (AvgIpc) is 3.14. The summed E-state index contributed by atoms with van der Waals surface area (Å²) in [7, 11) is 0. The van der Waals surface area contributed by atoms with Crippen molar-refractivity contribution in [1.82, 2.24) is 0 Å². The van der Waals surface area contributed by atoms with Crippen molar-refractivity contribution in [1.29, 1.82) is 0 Å². The highest BCUT2D eigenvalue weighted by atomic mass is 16.6. The van der Waals surface area contributed by atoms with Gasteiger partial charge in [0.2, 0.25) is 0 Å². The van der Waals surface area contributed by atoms with Gasteiger partial charge in [0.05, 0.1) is 6.61 Å². The second-order valence-corrected chi connectivity index (χ2v) is 14.6. The summed E-state index contributed by atoms with van der Waals surface area (Å²) in [5.74, 6) is -0.416. The van der Waals surface area contributed by atoms with Crippen LogP contribution in [0.3, 0.4) is 0 Å². The molecule has 1 atom stereocenters. The molecule has 0 aromatic carbocycles. The molecule has 1 unspecified atom stereocenters. The summed E-state index contributed by atoms with van der Waals surface area (Å²) in [6.45, 7) is 7.63. The van der Waals surface area contributed by atoms with Gasteiger partial charge in [0.15, 0.2) is 6.10 Å². The molecule has 0 bridgehead atoms. The van der Waals surface area contributed by atoms with Gasteiger partial charge < -0.3 is 14.2 Å². The predicted octanol–water partition coefficient (Wildman–Crippen LogP) is 14.4. The van der Waals surface area contributed by atoms with Crippen LogP contribution in [0.1, 0.15) is 213 Å². The molecule has 0 rings (SSSR count). The smallest absolute Gasteiger partial charge is 0.306 e. The first-order valence-corrected chi connectivity index (χ1v) is 22.2. The lowest BCUT2D eigenvalue weighted by Crippen LogP contribution is -2.30. The van der Waals surface area contributed by atoms with E-state index in [1.807, 2.05) is 0 Å². The molecule has 0 heterocycles. The van der Waals surface area contributed by atoms with Crippen molar-refractivity contribution in [2.75, 3.05) is 19.8 Å². The number of carbonyl (C=O) groups is 2. The first-order chi connectivity index (χ1) is 25.6. The third-order valence-electron chi connectivity index (χ3n) is 9.35. The predicted molar refractivity (Wildman–Crippen MR) is 224 cm³/mol. The molecule has 0 aliphatic heterocycles. The number of unbranched alkanes of at least 4 members (excludes halogenated alkanes) is 21. The summed E-state index contributed by atoms with van der Waals surface area (Å²) in [6.07, 6.45) is 51.1. The van der Waals surface area contributed by atoms with E-state index < -0.39 is 6.10 Å². The summed E-state index contributed by atoms with van der Waals surface area (Å²) in [4.78, 5) is 25.1. The Morgan fingerprint density at radius 1 is 0.442 bits per heavy atom. The zero-order valence-electron chi connectivity index (χ0n) is 34.6. The Balaban J connectivity index is 4.24. The maximum atomic E-state index is 12.7. The minimum absolute atomic E-state index is 0.0771. The molecule has 0 radical (unpaired) electrons. The normalized spacial score (nSPS) is 12.6. The summed E-state index contributed by atoms with van der Waals surface area (Å²) in [6, 6.07) is 0. The maximum absolute atomic E-state index is 12.7. The molecule has 302 valence electrons. The Kier molecular flexibility index (Phi) is 41.5. The van der Waals surface area contributed by atoms with Crippen molar-refractivity contribution in [3.63, 3.8) is 0 Å².